The van der Waals surface area contributed by atoms with Crippen LogP contribution in [0.3, 0.4) is 0 Å². The molecule has 1 aromatic carbocycles. The second-order valence-electron chi connectivity index (χ2n) is 5.27. The van der Waals surface area contributed by atoms with Gasteiger partial charge in [-0.25, -0.2) is 0 Å². The topological polar surface area (TPSA) is 27.7 Å². The lowest BCUT2D eigenvalue weighted by Crippen LogP contribution is -2.19. The van der Waals surface area contributed by atoms with Crippen molar-refractivity contribution in [1.82, 2.24) is 0 Å². The summed E-state index contributed by atoms with van der Waals surface area (Å²) in [5.74, 6) is 2.34. The van der Waals surface area contributed by atoms with Crippen LogP contribution in [-0.2, 0) is 0 Å². The van der Waals surface area contributed by atoms with Gasteiger partial charge in [-0.15, -0.1) is 0 Å². The van der Waals surface area contributed by atoms with Gasteiger partial charge in [0.15, 0.2) is 21.4 Å². The van der Waals surface area contributed by atoms with E-state index in [1.54, 1.807) is 30.6 Å². The molecule has 3 nitrogen and oxygen atoms in total. The predicted molar refractivity (Wildman–Crippen MR) is 74.1 cm³/mol. The SMILES string of the molecule is COc1c2c(cc3c1OC(C)(C)S3)SC(C)(C)O2. The van der Waals surface area contributed by atoms with Gasteiger partial charge in [-0.1, -0.05) is 23.5 Å². The summed E-state index contributed by atoms with van der Waals surface area (Å²) >= 11 is 3.44. The molecule has 0 atom stereocenters. The third-order valence-corrected chi connectivity index (χ3v) is 4.93. The van der Waals surface area contributed by atoms with E-state index in [-0.39, 0.29) is 9.87 Å². The van der Waals surface area contributed by atoms with E-state index in [0.29, 0.717) is 0 Å². The number of hydrogen-bond acceptors (Lipinski definition) is 5. The van der Waals surface area contributed by atoms with Crippen LogP contribution in [0.5, 0.6) is 17.2 Å². The van der Waals surface area contributed by atoms with E-state index in [2.05, 4.69) is 33.8 Å². The number of fused-ring (bicyclic) bond motifs is 2. The van der Waals surface area contributed by atoms with Crippen LogP contribution >= 0.6 is 23.5 Å². The summed E-state index contributed by atoms with van der Waals surface area (Å²) in [5.41, 5.74) is 0. The molecule has 0 saturated heterocycles. The van der Waals surface area contributed by atoms with Gasteiger partial charge in [-0.2, -0.15) is 0 Å². The lowest BCUT2D eigenvalue weighted by molar-refractivity contribution is 0.186. The van der Waals surface area contributed by atoms with E-state index in [0.717, 1.165) is 27.0 Å². The van der Waals surface area contributed by atoms with Gasteiger partial charge in [-0.05, 0) is 33.8 Å². The fraction of sp³-hybridized carbons (Fsp3) is 0.538. The minimum Gasteiger partial charge on any atom is -0.490 e. The van der Waals surface area contributed by atoms with Crippen molar-refractivity contribution in [2.45, 2.75) is 47.4 Å². The highest BCUT2D eigenvalue weighted by Gasteiger charge is 2.41. The Bertz CT molecular complexity index is 481. The quantitative estimate of drug-likeness (QED) is 0.773. The van der Waals surface area contributed by atoms with Crippen LogP contribution < -0.4 is 14.2 Å². The summed E-state index contributed by atoms with van der Waals surface area (Å²) in [6.45, 7) is 8.22. The van der Waals surface area contributed by atoms with Crippen molar-refractivity contribution in [2.75, 3.05) is 7.11 Å². The molecular formula is C13H16O3S2. The molecule has 0 amide bonds. The van der Waals surface area contributed by atoms with Crippen molar-refractivity contribution in [3.05, 3.63) is 6.07 Å². The molecule has 0 aromatic heterocycles. The Morgan fingerprint density at radius 2 is 1.39 bits per heavy atom. The van der Waals surface area contributed by atoms with Gasteiger partial charge >= 0.3 is 0 Å². The zero-order chi connectivity index (χ0) is 13.1. The molecule has 3 rings (SSSR count). The normalized spacial score (nSPS) is 21.8. The molecule has 2 aliphatic rings. The zero-order valence-corrected chi connectivity index (χ0v) is 12.8. The van der Waals surface area contributed by atoms with Crippen LogP contribution in [0.25, 0.3) is 0 Å². The second kappa shape index (κ2) is 3.67. The summed E-state index contributed by atoms with van der Waals surface area (Å²) < 4.78 is 17.4. The Balaban J connectivity index is 2.14. The maximum atomic E-state index is 5.96. The minimum atomic E-state index is -0.245. The first-order valence-corrected chi connectivity index (χ1v) is 7.46. The van der Waals surface area contributed by atoms with Gasteiger partial charge < -0.3 is 14.2 Å². The van der Waals surface area contributed by atoms with Gasteiger partial charge in [0.2, 0.25) is 5.75 Å². The molecule has 0 aliphatic carbocycles. The Hall–Kier alpha value is -0.680. The molecule has 18 heavy (non-hydrogen) atoms. The van der Waals surface area contributed by atoms with E-state index in [1.165, 1.54) is 0 Å². The van der Waals surface area contributed by atoms with Crippen molar-refractivity contribution >= 4 is 23.5 Å². The molecule has 0 radical (unpaired) electrons. The van der Waals surface area contributed by atoms with Crippen molar-refractivity contribution in [1.29, 1.82) is 0 Å². The maximum Gasteiger partial charge on any atom is 0.205 e. The summed E-state index contributed by atoms with van der Waals surface area (Å²) in [4.78, 5) is 1.77. The van der Waals surface area contributed by atoms with Gasteiger partial charge in [-0.3, -0.25) is 0 Å². The van der Waals surface area contributed by atoms with Crippen LogP contribution in [0.2, 0.25) is 0 Å². The Kier molecular flexibility index (Phi) is 2.52. The van der Waals surface area contributed by atoms with Crippen molar-refractivity contribution in [3.8, 4) is 17.2 Å². The molecule has 98 valence electrons. The highest BCUT2D eigenvalue weighted by Crippen LogP contribution is 2.61. The molecule has 0 saturated carbocycles. The summed E-state index contributed by atoms with van der Waals surface area (Å²) in [6.07, 6.45) is 0. The van der Waals surface area contributed by atoms with Gasteiger partial charge in [0.1, 0.15) is 0 Å². The number of benzene rings is 1. The van der Waals surface area contributed by atoms with Crippen molar-refractivity contribution in [3.63, 3.8) is 0 Å². The average molecular weight is 284 g/mol. The Labute approximate surface area is 116 Å². The molecule has 0 bridgehead atoms. The predicted octanol–water partition coefficient (Wildman–Crippen LogP) is 4.14. The first kappa shape index (κ1) is 12.4. The van der Waals surface area contributed by atoms with E-state index in [9.17, 15) is 0 Å². The number of rotatable bonds is 1. The monoisotopic (exact) mass is 284 g/mol. The molecule has 0 fully saturated rings. The lowest BCUT2D eigenvalue weighted by Gasteiger charge is -2.18. The van der Waals surface area contributed by atoms with Crippen molar-refractivity contribution < 1.29 is 14.2 Å². The van der Waals surface area contributed by atoms with Crippen LogP contribution in [0.4, 0.5) is 0 Å². The average Bonchev–Trinajstić information content (AvgIpc) is 2.67. The molecular weight excluding hydrogens is 268 g/mol. The van der Waals surface area contributed by atoms with Gasteiger partial charge in [0.25, 0.3) is 0 Å². The summed E-state index contributed by atoms with van der Waals surface area (Å²) in [5, 5.41) is 0. The van der Waals surface area contributed by atoms with Gasteiger partial charge in [0, 0.05) is 0 Å². The first-order valence-electron chi connectivity index (χ1n) is 5.82. The third-order valence-electron chi connectivity index (χ3n) is 2.73. The van der Waals surface area contributed by atoms with E-state index >= 15 is 0 Å². The van der Waals surface area contributed by atoms with Crippen LogP contribution in [0, 0.1) is 0 Å². The van der Waals surface area contributed by atoms with E-state index in [1.807, 2.05) is 0 Å². The second-order valence-corrected chi connectivity index (χ2v) is 8.53. The number of ether oxygens (including phenoxy) is 3. The number of hydrogen-bond donors (Lipinski definition) is 0. The smallest absolute Gasteiger partial charge is 0.205 e. The zero-order valence-electron chi connectivity index (χ0n) is 11.1. The fourth-order valence-corrected chi connectivity index (χ4v) is 4.36. The van der Waals surface area contributed by atoms with Crippen LogP contribution in [-0.4, -0.2) is 17.0 Å². The summed E-state index contributed by atoms with van der Waals surface area (Å²) in [6, 6.07) is 2.14. The Morgan fingerprint density at radius 1 is 0.944 bits per heavy atom. The highest BCUT2D eigenvalue weighted by atomic mass is 32.2. The minimum absolute atomic E-state index is 0.245. The first-order chi connectivity index (χ1) is 8.31. The molecule has 0 unspecified atom stereocenters. The maximum absolute atomic E-state index is 5.96. The number of thioether (sulfide) groups is 2. The largest absolute Gasteiger partial charge is 0.490 e. The molecule has 2 aliphatic heterocycles. The van der Waals surface area contributed by atoms with Gasteiger partial charge in [0.05, 0.1) is 16.9 Å². The molecule has 0 spiro atoms. The fourth-order valence-electron chi connectivity index (χ4n) is 2.17. The van der Waals surface area contributed by atoms with Crippen LogP contribution in [0.1, 0.15) is 27.7 Å². The molecule has 5 heteroatoms. The Morgan fingerprint density at radius 3 is 1.78 bits per heavy atom. The van der Waals surface area contributed by atoms with Crippen molar-refractivity contribution in [2.24, 2.45) is 0 Å². The number of methoxy groups -OCH3 is 1. The van der Waals surface area contributed by atoms with Crippen LogP contribution in [0.15, 0.2) is 15.9 Å². The van der Waals surface area contributed by atoms with E-state index < -0.39 is 0 Å². The third kappa shape index (κ3) is 1.84. The lowest BCUT2D eigenvalue weighted by atomic mass is 10.2. The molecule has 2 heterocycles. The summed E-state index contributed by atoms with van der Waals surface area (Å²) in [7, 11) is 1.66. The standard InChI is InChI=1S/C13H16O3S2/c1-12(2)15-9-7(17-12)6-8-10(11(9)14-5)16-13(3,4)18-8/h6H,1-5H3. The molecule has 1 aromatic rings. The van der Waals surface area contributed by atoms with E-state index in [4.69, 9.17) is 14.2 Å². The highest BCUT2D eigenvalue weighted by molar-refractivity contribution is 8.01. The molecule has 0 N–H and O–H groups in total.